The Morgan fingerprint density at radius 3 is 2.31 bits per heavy atom. The van der Waals surface area contributed by atoms with Crippen LogP contribution in [0.3, 0.4) is 0 Å². The molecule has 1 N–H and O–H groups in total. The lowest BCUT2D eigenvalue weighted by Crippen LogP contribution is -2.23. The number of carbonyl (C=O) groups excluding carboxylic acids is 3. The maximum atomic E-state index is 12.9. The standard InChI is InChI=1S/C21H13NO3S/c23-18(11-10-13-5-4-12-26-13)22-17-9-3-8-16-19(17)21(25)15-7-2-1-6-14(15)20(16)24/h1-12H,(H,22,23)/b11-10-. The lowest BCUT2D eigenvalue weighted by atomic mass is 9.83. The van der Waals surface area contributed by atoms with Crippen LogP contribution in [0, 0.1) is 0 Å². The molecule has 1 amide bonds. The fourth-order valence-electron chi connectivity index (χ4n) is 2.97. The average molecular weight is 359 g/mol. The van der Waals surface area contributed by atoms with Crippen molar-refractivity contribution in [1.82, 2.24) is 0 Å². The van der Waals surface area contributed by atoms with Crippen molar-refractivity contribution >= 4 is 40.6 Å². The highest BCUT2D eigenvalue weighted by molar-refractivity contribution is 7.10. The van der Waals surface area contributed by atoms with Crippen molar-refractivity contribution < 1.29 is 14.4 Å². The predicted octanol–water partition coefficient (Wildman–Crippen LogP) is 4.18. The van der Waals surface area contributed by atoms with Gasteiger partial charge in [0, 0.05) is 27.6 Å². The monoisotopic (exact) mass is 359 g/mol. The molecule has 1 heterocycles. The van der Waals surface area contributed by atoms with E-state index in [0.717, 1.165) is 4.88 Å². The summed E-state index contributed by atoms with van der Waals surface area (Å²) in [5, 5.41) is 4.64. The number of hydrogen-bond acceptors (Lipinski definition) is 4. The van der Waals surface area contributed by atoms with Crippen LogP contribution < -0.4 is 5.32 Å². The van der Waals surface area contributed by atoms with Crippen LogP contribution in [0.15, 0.2) is 66.1 Å². The lowest BCUT2D eigenvalue weighted by Gasteiger charge is -2.20. The smallest absolute Gasteiger partial charge is 0.248 e. The molecular weight excluding hydrogens is 346 g/mol. The molecule has 0 aliphatic heterocycles. The summed E-state index contributed by atoms with van der Waals surface area (Å²) in [7, 11) is 0. The Bertz CT molecular complexity index is 1060. The zero-order valence-corrected chi connectivity index (χ0v) is 14.4. The second kappa shape index (κ2) is 6.54. The first-order chi connectivity index (χ1) is 12.6. The van der Waals surface area contributed by atoms with Crippen molar-refractivity contribution in [3.63, 3.8) is 0 Å². The number of rotatable bonds is 3. The number of hydrogen-bond donors (Lipinski definition) is 1. The first-order valence-electron chi connectivity index (χ1n) is 7.99. The molecule has 0 saturated heterocycles. The SMILES string of the molecule is O=C(/C=C\c1cccs1)Nc1cccc2c1C(=O)c1ccccc1C2=O. The summed E-state index contributed by atoms with van der Waals surface area (Å²) >= 11 is 1.52. The number of fused-ring (bicyclic) bond motifs is 2. The van der Waals surface area contributed by atoms with Crippen molar-refractivity contribution in [2.45, 2.75) is 0 Å². The zero-order valence-electron chi connectivity index (χ0n) is 13.6. The molecule has 0 atom stereocenters. The van der Waals surface area contributed by atoms with E-state index in [1.807, 2.05) is 17.5 Å². The summed E-state index contributed by atoms with van der Waals surface area (Å²) in [6, 6.07) is 15.4. The fourth-order valence-corrected chi connectivity index (χ4v) is 3.59. The third kappa shape index (κ3) is 2.78. The van der Waals surface area contributed by atoms with E-state index in [2.05, 4.69) is 5.32 Å². The summed E-state index contributed by atoms with van der Waals surface area (Å²) in [5.41, 5.74) is 1.66. The minimum Gasteiger partial charge on any atom is -0.322 e. The molecule has 126 valence electrons. The number of benzene rings is 2. The van der Waals surface area contributed by atoms with Crippen molar-refractivity contribution in [1.29, 1.82) is 0 Å². The molecule has 0 unspecified atom stereocenters. The maximum Gasteiger partial charge on any atom is 0.248 e. The minimum absolute atomic E-state index is 0.208. The molecular formula is C21H13NO3S. The Kier molecular flexibility index (Phi) is 4.07. The predicted molar refractivity (Wildman–Crippen MR) is 102 cm³/mol. The highest BCUT2D eigenvalue weighted by Crippen LogP contribution is 2.31. The minimum atomic E-state index is -0.356. The Labute approximate surface area is 153 Å². The van der Waals surface area contributed by atoms with Crippen LogP contribution in [0.2, 0.25) is 0 Å². The molecule has 0 bridgehead atoms. The van der Waals surface area contributed by atoms with E-state index in [9.17, 15) is 14.4 Å². The summed E-state index contributed by atoms with van der Waals surface area (Å²) in [5.74, 6) is -0.820. The normalized spacial score (nSPS) is 12.8. The van der Waals surface area contributed by atoms with Crippen LogP contribution in [0.25, 0.3) is 6.08 Å². The lowest BCUT2D eigenvalue weighted by molar-refractivity contribution is -0.111. The molecule has 0 fully saturated rings. The van der Waals surface area contributed by atoms with Crippen LogP contribution >= 0.6 is 11.3 Å². The largest absolute Gasteiger partial charge is 0.322 e. The van der Waals surface area contributed by atoms with E-state index in [4.69, 9.17) is 0 Å². The maximum absolute atomic E-state index is 12.9. The van der Waals surface area contributed by atoms with Crippen LogP contribution in [0.4, 0.5) is 5.69 Å². The number of thiophene rings is 1. The van der Waals surface area contributed by atoms with Gasteiger partial charge in [0.15, 0.2) is 11.6 Å². The Hall–Kier alpha value is -3.31. The van der Waals surface area contributed by atoms with Crippen molar-refractivity contribution in [2.75, 3.05) is 5.32 Å². The van der Waals surface area contributed by atoms with Crippen molar-refractivity contribution in [3.05, 3.63) is 93.2 Å². The Morgan fingerprint density at radius 1 is 0.846 bits per heavy atom. The van der Waals surface area contributed by atoms with Gasteiger partial charge >= 0.3 is 0 Å². The first kappa shape index (κ1) is 16.2. The van der Waals surface area contributed by atoms with Crippen molar-refractivity contribution in [2.24, 2.45) is 0 Å². The van der Waals surface area contributed by atoms with Gasteiger partial charge < -0.3 is 5.32 Å². The molecule has 0 spiro atoms. The topological polar surface area (TPSA) is 63.2 Å². The van der Waals surface area contributed by atoms with E-state index < -0.39 is 0 Å². The van der Waals surface area contributed by atoms with Gasteiger partial charge in [0.05, 0.1) is 11.3 Å². The van der Waals surface area contributed by atoms with Gasteiger partial charge in [0.25, 0.3) is 0 Å². The summed E-state index contributed by atoms with van der Waals surface area (Å²) in [4.78, 5) is 38.8. The number of ketones is 2. The van der Waals surface area contributed by atoms with Gasteiger partial charge in [-0.05, 0) is 23.6 Å². The van der Waals surface area contributed by atoms with Crippen LogP contribution in [0.5, 0.6) is 0 Å². The van der Waals surface area contributed by atoms with E-state index in [-0.39, 0.29) is 23.0 Å². The molecule has 4 rings (SSSR count). The van der Waals surface area contributed by atoms with Gasteiger partial charge in [0.2, 0.25) is 5.91 Å². The van der Waals surface area contributed by atoms with Gasteiger partial charge in [-0.3, -0.25) is 14.4 Å². The molecule has 1 aliphatic rings. The zero-order chi connectivity index (χ0) is 18.1. The van der Waals surface area contributed by atoms with Crippen LogP contribution in [0.1, 0.15) is 36.7 Å². The van der Waals surface area contributed by atoms with E-state index in [1.54, 1.807) is 48.5 Å². The molecule has 5 heteroatoms. The van der Waals surface area contributed by atoms with Gasteiger partial charge in [-0.15, -0.1) is 11.3 Å². The third-order valence-corrected chi connectivity index (χ3v) is 4.99. The molecule has 0 saturated carbocycles. The van der Waals surface area contributed by atoms with Crippen LogP contribution in [-0.4, -0.2) is 17.5 Å². The van der Waals surface area contributed by atoms with Gasteiger partial charge in [-0.1, -0.05) is 42.5 Å². The van der Waals surface area contributed by atoms with Crippen molar-refractivity contribution in [3.8, 4) is 0 Å². The number of carbonyl (C=O) groups is 3. The van der Waals surface area contributed by atoms with Gasteiger partial charge in [-0.2, -0.15) is 0 Å². The quantitative estimate of drug-likeness (QED) is 0.558. The molecule has 3 aromatic rings. The summed E-state index contributed by atoms with van der Waals surface area (Å²) < 4.78 is 0. The first-order valence-corrected chi connectivity index (χ1v) is 8.87. The van der Waals surface area contributed by atoms with E-state index in [1.165, 1.54) is 17.4 Å². The van der Waals surface area contributed by atoms with E-state index in [0.29, 0.717) is 22.4 Å². The Morgan fingerprint density at radius 2 is 1.58 bits per heavy atom. The Balaban J connectivity index is 1.68. The van der Waals surface area contributed by atoms with E-state index >= 15 is 0 Å². The fraction of sp³-hybridized carbons (Fsp3) is 0. The van der Waals surface area contributed by atoms with Gasteiger partial charge in [0.1, 0.15) is 0 Å². The average Bonchev–Trinajstić information content (AvgIpc) is 3.18. The van der Waals surface area contributed by atoms with Crippen LogP contribution in [-0.2, 0) is 4.79 Å². The third-order valence-electron chi connectivity index (χ3n) is 4.15. The molecule has 4 nitrogen and oxygen atoms in total. The molecule has 0 radical (unpaired) electrons. The highest BCUT2D eigenvalue weighted by Gasteiger charge is 2.31. The number of anilines is 1. The number of amides is 1. The number of nitrogens with one attached hydrogen (secondary N) is 1. The summed E-state index contributed by atoms with van der Waals surface area (Å²) in [6.07, 6.45) is 3.12. The summed E-state index contributed by atoms with van der Waals surface area (Å²) in [6.45, 7) is 0. The second-order valence-electron chi connectivity index (χ2n) is 5.77. The molecule has 26 heavy (non-hydrogen) atoms. The highest BCUT2D eigenvalue weighted by atomic mass is 32.1. The molecule has 2 aromatic carbocycles. The second-order valence-corrected chi connectivity index (χ2v) is 6.75. The molecule has 1 aliphatic carbocycles. The van der Waals surface area contributed by atoms with Gasteiger partial charge in [-0.25, -0.2) is 0 Å². The molecule has 1 aromatic heterocycles.